The monoisotopic (exact) mass is 368 g/mol. The summed E-state index contributed by atoms with van der Waals surface area (Å²) < 4.78 is 10.8. The molecular weight excluding hydrogens is 344 g/mol. The van der Waals surface area contributed by atoms with Crippen LogP contribution in [-0.4, -0.2) is 43.5 Å². The van der Waals surface area contributed by atoms with Gasteiger partial charge in [-0.1, -0.05) is 18.2 Å². The van der Waals surface area contributed by atoms with E-state index in [1.807, 2.05) is 23.1 Å². The number of ether oxygens (including phenoxy) is 2. The van der Waals surface area contributed by atoms with Crippen LogP contribution in [0.15, 0.2) is 48.5 Å². The Hall–Kier alpha value is -3.02. The van der Waals surface area contributed by atoms with Gasteiger partial charge in [0.15, 0.2) is 6.61 Å². The van der Waals surface area contributed by atoms with Crippen molar-refractivity contribution in [1.29, 1.82) is 0 Å². The van der Waals surface area contributed by atoms with Gasteiger partial charge in [0.2, 0.25) is 0 Å². The molecule has 0 aliphatic carbocycles. The lowest BCUT2D eigenvalue weighted by Gasteiger charge is -2.27. The molecule has 0 unspecified atom stereocenters. The maximum atomic E-state index is 12.7. The molecule has 6 heteroatoms. The molecule has 1 aliphatic rings. The van der Waals surface area contributed by atoms with Crippen molar-refractivity contribution in [3.63, 3.8) is 0 Å². The van der Waals surface area contributed by atoms with Crippen LogP contribution in [0.2, 0.25) is 0 Å². The van der Waals surface area contributed by atoms with Crippen molar-refractivity contribution >= 4 is 17.5 Å². The van der Waals surface area contributed by atoms with E-state index in [4.69, 9.17) is 9.47 Å². The standard InChI is InChI=1S/C21H24N2O4/c1-26-19-11-10-16(21(25)23-12-6-3-7-13-23)14-18(19)22-20(24)15-27-17-8-4-2-5-9-17/h2,4-5,8-11,14H,3,6-7,12-13,15H2,1H3,(H,22,24). The van der Waals surface area contributed by atoms with Crippen LogP contribution in [0.4, 0.5) is 5.69 Å². The summed E-state index contributed by atoms with van der Waals surface area (Å²) in [5, 5.41) is 2.77. The molecule has 2 aromatic rings. The summed E-state index contributed by atoms with van der Waals surface area (Å²) in [6.45, 7) is 1.42. The van der Waals surface area contributed by atoms with E-state index in [9.17, 15) is 9.59 Å². The zero-order chi connectivity index (χ0) is 19.1. The molecule has 3 rings (SSSR count). The van der Waals surface area contributed by atoms with E-state index in [2.05, 4.69) is 5.32 Å². The van der Waals surface area contributed by atoms with Crippen LogP contribution < -0.4 is 14.8 Å². The maximum Gasteiger partial charge on any atom is 0.262 e. The van der Waals surface area contributed by atoms with Gasteiger partial charge in [-0.25, -0.2) is 0 Å². The van der Waals surface area contributed by atoms with Crippen molar-refractivity contribution in [3.8, 4) is 11.5 Å². The number of nitrogens with one attached hydrogen (secondary N) is 1. The highest BCUT2D eigenvalue weighted by molar-refractivity contribution is 5.98. The highest BCUT2D eigenvalue weighted by Crippen LogP contribution is 2.26. The Bertz CT molecular complexity index is 786. The van der Waals surface area contributed by atoms with E-state index in [-0.39, 0.29) is 18.4 Å². The maximum absolute atomic E-state index is 12.7. The minimum absolute atomic E-state index is 0.0200. The summed E-state index contributed by atoms with van der Waals surface area (Å²) in [4.78, 5) is 26.8. The lowest BCUT2D eigenvalue weighted by atomic mass is 10.1. The molecule has 2 aromatic carbocycles. The van der Waals surface area contributed by atoms with Gasteiger partial charge in [0.05, 0.1) is 12.8 Å². The van der Waals surface area contributed by atoms with Crippen molar-refractivity contribution in [1.82, 2.24) is 4.90 Å². The van der Waals surface area contributed by atoms with Crippen molar-refractivity contribution in [2.75, 3.05) is 32.1 Å². The molecule has 0 saturated carbocycles. The van der Waals surface area contributed by atoms with Crippen LogP contribution >= 0.6 is 0 Å². The molecule has 0 bridgehead atoms. The Balaban J connectivity index is 1.67. The molecular formula is C21H24N2O4. The van der Waals surface area contributed by atoms with Crippen molar-refractivity contribution in [2.24, 2.45) is 0 Å². The van der Waals surface area contributed by atoms with Gasteiger partial charge in [-0.15, -0.1) is 0 Å². The van der Waals surface area contributed by atoms with Gasteiger partial charge in [-0.2, -0.15) is 0 Å². The van der Waals surface area contributed by atoms with Crippen LogP contribution in [0.5, 0.6) is 11.5 Å². The predicted octanol–water partition coefficient (Wildman–Crippen LogP) is 3.34. The number of amides is 2. The first-order valence-electron chi connectivity index (χ1n) is 9.12. The van der Waals surface area contributed by atoms with Gasteiger partial charge < -0.3 is 19.7 Å². The highest BCUT2D eigenvalue weighted by atomic mass is 16.5. The first-order valence-corrected chi connectivity index (χ1v) is 9.12. The molecule has 1 aliphatic heterocycles. The summed E-state index contributed by atoms with van der Waals surface area (Å²) in [5.74, 6) is 0.778. The Morgan fingerprint density at radius 3 is 2.48 bits per heavy atom. The SMILES string of the molecule is COc1ccc(C(=O)N2CCCCC2)cc1NC(=O)COc1ccccc1. The number of rotatable bonds is 6. The number of hydrogen-bond donors (Lipinski definition) is 1. The summed E-state index contributed by atoms with van der Waals surface area (Å²) in [6.07, 6.45) is 3.22. The normalized spacial score (nSPS) is 13.7. The molecule has 1 saturated heterocycles. The third-order valence-corrected chi connectivity index (χ3v) is 4.48. The number of carbonyl (C=O) groups excluding carboxylic acids is 2. The molecule has 142 valence electrons. The summed E-state index contributed by atoms with van der Waals surface area (Å²) in [7, 11) is 1.53. The predicted molar refractivity (Wildman–Crippen MR) is 103 cm³/mol. The van der Waals surface area contributed by atoms with E-state index in [1.165, 1.54) is 7.11 Å². The summed E-state index contributed by atoms with van der Waals surface area (Å²) in [5.41, 5.74) is 0.999. The molecule has 0 aromatic heterocycles. The Morgan fingerprint density at radius 1 is 1.04 bits per heavy atom. The third-order valence-electron chi connectivity index (χ3n) is 4.48. The van der Waals surface area contributed by atoms with Crippen LogP contribution in [0.1, 0.15) is 29.6 Å². The first-order chi connectivity index (χ1) is 13.2. The minimum atomic E-state index is -0.320. The van der Waals surface area contributed by atoms with Crippen LogP contribution in [0.3, 0.4) is 0 Å². The molecule has 27 heavy (non-hydrogen) atoms. The van der Waals surface area contributed by atoms with Gasteiger partial charge in [0.1, 0.15) is 11.5 Å². The molecule has 1 fully saturated rings. The fraction of sp³-hybridized carbons (Fsp3) is 0.333. The molecule has 6 nitrogen and oxygen atoms in total. The average Bonchev–Trinajstić information content (AvgIpc) is 2.73. The number of hydrogen-bond acceptors (Lipinski definition) is 4. The molecule has 0 spiro atoms. The van der Waals surface area contributed by atoms with Gasteiger partial charge >= 0.3 is 0 Å². The first kappa shape index (κ1) is 18.8. The smallest absolute Gasteiger partial charge is 0.262 e. The van der Waals surface area contributed by atoms with E-state index in [1.54, 1.807) is 30.3 Å². The number of carbonyl (C=O) groups is 2. The molecule has 1 heterocycles. The second kappa shape index (κ2) is 9.07. The average molecular weight is 368 g/mol. The van der Waals surface area contributed by atoms with Crippen molar-refractivity contribution < 1.29 is 19.1 Å². The fourth-order valence-electron chi connectivity index (χ4n) is 3.07. The van der Waals surface area contributed by atoms with E-state index in [0.717, 1.165) is 32.4 Å². The summed E-state index contributed by atoms with van der Waals surface area (Å²) >= 11 is 0. The van der Waals surface area contributed by atoms with Gasteiger partial charge in [-0.3, -0.25) is 9.59 Å². The van der Waals surface area contributed by atoms with Crippen molar-refractivity contribution in [2.45, 2.75) is 19.3 Å². The van der Waals surface area contributed by atoms with E-state index >= 15 is 0 Å². The minimum Gasteiger partial charge on any atom is -0.495 e. The highest BCUT2D eigenvalue weighted by Gasteiger charge is 2.20. The number of nitrogens with zero attached hydrogens (tertiary/aromatic N) is 1. The second-order valence-electron chi connectivity index (χ2n) is 6.42. The quantitative estimate of drug-likeness (QED) is 0.849. The fourth-order valence-corrected chi connectivity index (χ4v) is 3.07. The number of benzene rings is 2. The van der Waals surface area contributed by atoms with Crippen LogP contribution in [-0.2, 0) is 4.79 Å². The summed E-state index contributed by atoms with van der Waals surface area (Å²) in [6, 6.07) is 14.2. The largest absolute Gasteiger partial charge is 0.495 e. The molecule has 0 atom stereocenters. The topological polar surface area (TPSA) is 67.9 Å². The lowest BCUT2D eigenvalue weighted by molar-refractivity contribution is -0.118. The number of likely N-dealkylation sites (tertiary alicyclic amines) is 1. The van der Waals surface area contributed by atoms with Gasteiger partial charge in [0, 0.05) is 18.7 Å². The Morgan fingerprint density at radius 2 is 1.78 bits per heavy atom. The number of piperidine rings is 1. The zero-order valence-corrected chi connectivity index (χ0v) is 15.4. The Kier molecular flexibility index (Phi) is 6.30. The van der Waals surface area contributed by atoms with E-state index in [0.29, 0.717) is 22.7 Å². The number of anilines is 1. The molecule has 1 N–H and O–H groups in total. The second-order valence-corrected chi connectivity index (χ2v) is 6.42. The molecule has 0 radical (unpaired) electrons. The third kappa shape index (κ3) is 5.00. The Labute approximate surface area is 159 Å². The van der Waals surface area contributed by atoms with Gasteiger partial charge in [-0.05, 0) is 49.6 Å². The number of methoxy groups -OCH3 is 1. The number of para-hydroxylation sites is 1. The van der Waals surface area contributed by atoms with E-state index < -0.39 is 0 Å². The zero-order valence-electron chi connectivity index (χ0n) is 15.4. The van der Waals surface area contributed by atoms with Gasteiger partial charge in [0.25, 0.3) is 11.8 Å². The lowest BCUT2D eigenvalue weighted by Crippen LogP contribution is -2.35. The van der Waals surface area contributed by atoms with Crippen molar-refractivity contribution in [3.05, 3.63) is 54.1 Å². The molecule has 2 amide bonds. The van der Waals surface area contributed by atoms with Crippen LogP contribution in [0.25, 0.3) is 0 Å². The van der Waals surface area contributed by atoms with Crippen LogP contribution in [0, 0.1) is 0 Å².